The van der Waals surface area contributed by atoms with Crippen molar-refractivity contribution in [2.45, 2.75) is 44.9 Å². The number of alkyl halides is 2. The number of amides is 3. The highest BCUT2D eigenvalue weighted by molar-refractivity contribution is 7.18. The molecule has 2 aliphatic rings. The molecular formula is C25H29ClF2N4O5S. The highest BCUT2D eigenvalue weighted by Crippen LogP contribution is 2.33. The molecule has 9 nitrogen and oxygen atoms in total. The Morgan fingerprint density at radius 2 is 2.08 bits per heavy atom. The predicted octanol–water partition coefficient (Wildman–Crippen LogP) is 3.98. The van der Waals surface area contributed by atoms with Crippen LogP contribution in [0.5, 0.6) is 5.75 Å². The molecule has 2 heterocycles. The summed E-state index contributed by atoms with van der Waals surface area (Å²) < 4.78 is 36.8. The first-order valence-electron chi connectivity index (χ1n) is 12.3. The van der Waals surface area contributed by atoms with Gasteiger partial charge in [0.25, 0.3) is 11.8 Å². The smallest absolute Gasteiger partial charge is 0.387 e. The van der Waals surface area contributed by atoms with Gasteiger partial charge in [-0.15, -0.1) is 11.3 Å². The van der Waals surface area contributed by atoms with Crippen molar-refractivity contribution in [3.8, 4) is 5.75 Å². The van der Waals surface area contributed by atoms with Gasteiger partial charge in [0.1, 0.15) is 12.6 Å². The summed E-state index contributed by atoms with van der Waals surface area (Å²) in [7, 11) is 0. The van der Waals surface area contributed by atoms with E-state index in [9.17, 15) is 23.2 Å². The number of thiophene rings is 1. The van der Waals surface area contributed by atoms with Gasteiger partial charge in [0, 0.05) is 30.9 Å². The molecule has 1 aliphatic heterocycles. The second-order valence-corrected chi connectivity index (χ2v) is 10.6. The molecule has 0 spiro atoms. The number of carbonyl (C=O) groups is 3. The van der Waals surface area contributed by atoms with Crippen molar-refractivity contribution in [2.24, 2.45) is 0 Å². The van der Waals surface area contributed by atoms with E-state index in [-0.39, 0.29) is 49.0 Å². The lowest BCUT2D eigenvalue weighted by molar-refractivity contribution is -0.125. The van der Waals surface area contributed by atoms with E-state index < -0.39 is 18.6 Å². The Hall–Kier alpha value is -2.80. The van der Waals surface area contributed by atoms with Gasteiger partial charge in [0.2, 0.25) is 5.91 Å². The zero-order chi connectivity index (χ0) is 27.2. The van der Waals surface area contributed by atoms with Crippen LogP contribution in [0.1, 0.15) is 35.9 Å². The largest absolute Gasteiger partial charge is 0.433 e. The van der Waals surface area contributed by atoms with Crippen LogP contribution in [0.4, 0.5) is 20.2 Å². The molecule has 1 aromatic heterocycles. The summed E-state index contributed by atoms with van der Waals surface area (Å²) in [5.74, 6) is -1.41. The SMILES string of the molecule is CCN(C1CCC1)[C@H](CNC(=O)c1ccc(Cl)s1)C(=O)Nc1ccc(N2CCOCC2=O)cc1OC(F)F. The molecule has 2 fully saturated rings. The molecule has 1 aromatic carbocycles. The van der Waals surface area contributed by atoms with Gasteiger partial charge in [0.15, 0.2) is 5.75 Å². The maximum Gasteiger partial charge on any atom is 0.387 e. The number of nitrogens with zero attached hydrogens (tertiary/aromatic N) is 2. The fraction of sp³-hybridized carbons (Fsp3) is 0.480. The molecule has 1 atom stereocenters. The number of hydrogen-bond acceptors (Lipinski definition) is 7. The Balaban J connectivity index is 1.55. The monoisotopic (exact) mass is 570 g/mol. The summed E-state index contributed by atoms with van der Waals surface area (Å²) >= 11 is 7.07. The Morgan fingerprint density at radius 3 is 2.68 bits per heavy atom. The molecule has 4 rings (SSSR count). The molecular weight excluding hydrogens is 542 g/mol. The fourth-order valence-corrected chi connectivity index (χ4v) is 5.47. The van der Waals surface area contributed by atoms with Crippen molar-refractivity contribution < 1.29 is 32.6 Å². The predicted molar refractivity (Wildman–Crippen MR) is 140 cm³/mol. The van der Waals surface area contributed by atoms with Gasteiger partial charge in [-0.3, -0.25) is 19.3 Å². The summed E-state index contributed by atoms with van der Waals surface area (Å²) in [6.45, 7) is -0.174. The molecule has 0 radical (unpaired) electrons. The van der Waals surface area contributed by atoms with Crippen LogP contribution in [0, 0.1) is 0 Å². The molecule has 38 heavy (non-hydrogen) atoms. The first-order chi connectivity index (χ1) is 18.3. The van der Waals surface area contributed by atoms with Crippen LogP contribution in [0.2, 0.25) is 4.34 Å². The van der Waals surface area contributed by atoms with E-state index in [2.05, 4.69) is 10.6 Å². The van der Waals surface area contributed by atoms with Gasteiger partial charge in [0.05, 0.1) is 21.5 Å². The first kappa shape index (κ1) is 28.2. The third-order valence-corrected chi connectivity index (χ3v) is 7.83. The number of halogens is 3. The van der Waals surface area contributed by atoms with Gasteiger partial charge in [-0.2, -0.15) is 8.78 Å². The molecule has 13 heteroatoms. The van der Waals surface area contributed by atoms with Crippen LogP contribution < -0.4 is 20.3 Å². The van der Waals surface area contributed by atoms with Crippen molar-refractivity contribution in [3.05, 3.63) is 39.5 Å². The number of nitrogens with one attached hydrogen (secondary N) is 2. The number of ether oxygens (including phenoxy) is 2. The number of hydrogen-bond donors (Lipinski definition) is 2. The average Bonchev–Trinajstić information content (AvgIpc) is 3.29. The number of benzene rings is 1. The van der Waals surface area contributed by atoms with E-state index in [1.165, 1.54) is 17.0 Å². The zero-order valence-corrected chi connectivity index (χ0v) is 22.3. The standard InChI is InChI=1S/C25H29ClF2N4O5S/c1-2-31(15-4-3-5-15)18(13-29-24(35)20-8-9-21(26)38-20)23(34)30-17-7-6-16(12-19(17)37-25(27)28)32-10-11-36-14-22(32)33/h6-9,12,15,18,25H,2-5,10-11,13-14H2,1H3,(H,29,35)(H,30,34)/t18-/m1/s1. The summed E-state index contributed by atoms with van der Waals surface area (Å²) in [5, 5.41) is 5.51. The average molecular weight is 571 g/mol. The van der Waals surface area contributed by atoms with Crippen molar-refractivity contribution in [1.29, 1.82) is 0 Å². The van der Waals surface area contributed by atoms with Crippen molar-refractivity contribution >= 4 is 52.0 Å². The molecule has 0 bridgehead atoms. The molecule has 3 amide bonds. The topological polar surface area (TPSA) is 100 Å². The quantitative estimate of drug-likeness (QED) is 0.424. The van der Waals surface area contributed by atoms with Gasteiger partial charge in [-0.25, -0.2) is 0 Å². The minimum atomic E-state index is -3.14. The highest BCUT2D eigenvalue weighted by atomic mass is 35.5. The van der Waals surface area contributed by atoms with E-state index in [0.29, 0.717) is 28.1 Å². The Kier molecular flexibility index (Phi) is 9.53. The van der Waals surface area contributed by atoms with Gasteiger partial charge in [-0.05, 0) is 43.7 Å². The maximum atomic E-state index is 13.5. The van der Waals surface area contributed by atoms with E-state index in [1.807, 2.05) is 11.8 Å². The number of carbonyl (C=O) groups excluding carboxylic acids is 3. The first-order valence-corrected chi connectivity index (χ1v) is 13.5. The van der Waals surface area contributed by atoms with Gasteiger partial charge < -0.3 is 25.0 Å². The van der Waals surface area contributed by atoms with E-state index in [4.69, 9.17) is 21.1 Å². The van der Waals surface area contributed by atoms with Crippen LogP contribution >= 0.6 is 22.9 Å². The minimum absolute atomic E-state index is 0.00985. The molecule has 1 aliphatic carbocycles. The molecule has 1 saturated heterocycles. The summed E-state index contributed by atoms with van der Waals surface area (Å²) in [5.41, 5.74) is 0.390. The van der Waals surface area contributed by atoms with Crippen molar-refractivity contribution in [2.75, 3.05) is 43.1 Å². The summed E-state index contributed by atoms with van der Waals surface area (Å²) in [6.07, 6.45) is 2.89. The van der Waals surface area contributed by atoms with E-state index >= 15 is 0 Å². The van der Waals surface area contributed by atoms with Crippen LogP contribution in [-0.4, -0.2) is 74.2 Å². The van der Waals surface area contributed by atoms with Crippen molar-refractivity contribution in [1.82, 2.24) is 10.2 Å². The number of morpholine rings is 1. The number of anilines is 2. The maximum absolute atomic E-state index is 13.5. The lowest BCUT2D eigenvalue weighted by Gasteiger charge is -2.41. The van der Waals surface area contributed by atoms with Crippen LogP contribution in [0.3, 0.4) is 0 Å². The number of rotatable bonds is 11. The second-order valence-electron chi connectivity index (χ2n) is 8.89. The van der Waals surface area contributed by atoms with Gasteiger partial charge >= 0.3 is 6.61 Å². The molecule has 2 N–H and O–H groups in total. The van der Waals surface area contributed by atoms with Crippen LogP contribution in [0.25, 0.3) is 0 Å². The van der Waals surface area contributed by atoms with Gasteiger partial charge in [-0.1, -0.05) is 24.9 Å². The summed E-state index contributed by atoms with van der Waals surface area (Å²) in [4.78, 5) is 42.2. The Morgan fingerprint density at radius 1 is 1.29 bits per heavy atom. The molecule has 0 unspecified atom stereocenters. The van der Waals surface area contributed by atoms with Crippen LogP contribution in [0.15, 0.2) is 30.3 Å². The van der Waals surface area contributed by atoms with E-state index in [0.717, 1.165) is 30.6 Å². The highest BCUT2D eigenvalue weighted by Gasteiger charge is 2.34. The van der Waals surface area contributed by atoms with Crippen molar-refractivity contribution in [3.63, 3.8) is 0 Å². The van der Waals surface area contributed by atoms with Crippen LogP contribution in [-0.2, 0) is 14.3 Å². The molecule has 206 valence electrons. The lowest BCUT2D eigenvalue weighted by atomic mass is 9.90. The van der Waals surface area contributed by atoms with E-state index in [1.54, 1.807) is 18.2 Å². The zero-order valence-electron chi connectivity index (χ0n) is 20.8. The molecule has 2 aromatic rings. The third kappa shape index (κ3) is 6.79. The lowest BCUT2D eigenvalue weighted by Crippen LogP contribution is -2.56. The second kappa shape index (κ2) is 12.8. The Bertz CT molecular complexity index is 1160. The molecule has 1 saturated carbocycles. The third-order valence-electron chi connectivity index (χ3n) is 6.60. The number of likely N-dealkylation sites (N-methyl/N-ethyl adjacent to an activating group) is 1. The Labute approximate surface area is 228 Å². The fourth-order valence-electron chi connectivity index (χ4n) is 4.51. The minimum Gasteiger partial charge on any atom is -0.433 e. The summed E-state index contributed by atoms with van der Waals surface area (Å²) in [6, 6.07) is 6.92. The normalized spacial score (nSPS) is 16.9.